The number of hydrogen-bond acceptors (Lipinski definition) is 4. The van der Waals surface area contributed by atoms with Crippen molar-refractivity contribution < 1.29 is 4.79 Å². The molecular weight excluding hydrogens is 288 g/mol. The summed E-state index contributed by atoms with van der Waals surface area (Å²) in [5.74, 6) is 5.03. The molecule has 21 heavy (non-hydrogen) atoms. The first kappa shape index (κ1) is 14.9. The zero-order chi connectivity index (χ0) is 15.4. The maximum atomic E-state index is 12.2. The fourth-order valence-electron chi connectivity index (χ4n) is 1.88. The van der Waals surface area contributed by atoms with E-state index in [1.165, 1.54) is 0 Å². The van der Waals surface area contributed by atoms with Crippen molar-refractivity contribution in [3.8, 4) is 6.07 Å². The van der Waals surface area contributed by atoms with Gasteiger partial charge < -0.3 is 10.7 Å². The number of nitrogens with one attached hydrogen (secondary N) is 2. The summed E-state index contributed by atoms with van der Waals surface area (Å²) in [5.41, 5.74) is 5.33. The minimum absolute atomic E-state index is 0.319. The standard InChI is InChI=1S/C15H13ClN4O/c1-9-6-10(3-5-13(9)20-18)15(21)19-14-7-12(16)4-2-11(14)8-17/h2-7,20H,18H2,1H3,(H,19,21). The van der Waals surface area contributed by atoms with Crippen molar-refractivity contribution in [1.29, 1.82) is 5.26 Å². The fraction of sp³-hybridized carbons (Fsp3) is 0.0667. The summed E-state index contributed by atoms with van der Waals surface area (Å²) in [7, 11) is 0. The molecule has 0 atom stereocenters. The van der Waals surface area contributed by atoms with Crippen molar-refractivity contribution in [2.75, 3.05) is 10.7 Å². The van der Waals surface area contributed by atoms with Gasteiger partial charge in [0.1, 0.15) is 6.07 Å². The van der Waals surface area contributed by atoms with Crippen LogP contribution in [0.4, 0.5) is 11.4 Å². The van der Waals surface area contributed by atoms with Gasteiger partial charge in [-0.25, -0.2) is 0 Å². The Morgan fingerprint density at radius 3 is 2.62 bits per heavy atom. The van der Waals surface area contributed by atoms with Crippen LogP contribution in [0.5, 0.6) is 0 Å². The van der Waals surface area contributed by atoms with Crippen LogP contribution in [0.25, 0.3) is 0 Å². The summed E-state index contributed by atoms with van der Waals surface area (Å²) in [6.07, 6.45) is 0. The number of carbonyl (C=O) groups is 1. The van der Waals surface area contributed by atoms with Crippen LogP contribution in [0, 0.1) is 18.3 Å². The van der Waals surface area contributed by atoms with E-state index in [2.05, 4.69) is 10.7 Å². The van der Waals surface area contributed by atoms with Gasteiger partial charge in [-0.15, -0.1) is 0 Å². The fourth-order valence-corrected chi connectivity index (χ4v) is 2.05. The molecule has 106 valence electrons. The Labute approximate surface area is 127 Å². The first-order valence-corrected chi connectivity index (χ1v) is 6.51. The average Bonchev–Trinajstić information content (AvgIpc) is 2.47. The summed E-state index contributed by atoms with van der Waals surface area (Å²) in [6, 6.07) is 11.8. The summed E-state index contributed by atoms with van der Waals surface area (Å²) in [5, 5.41) is 12.2. The van der Waals surface area contributed by atoms with Gasteiger partial charge in [-0.3, -0.25) is 10.6 Å². The van der Waals surface area contributed by atoms with E-state index >= 15 is 0 Å². The molecule has 5 nitrogen and oxygen atoms in total. The number of benzene rings is 2. The summed E-state index contributed by atoms with van der Waals surface area (Å²) in [6.45, 7) is 1.84. The zero-order valence-electron chi connectivity index (χ0n) is 11.3. The van der Waals surface area contributed by atoms with E-state index in [-0.39, 0.29) is 5.91 Å². The number of hydrazine groups is 1. The van der Waals surface area contributed by atoms with Crippen molar-refractivity contribution in [2.24, 2.45) is 5.84 Å². The number of halogens is 1. The predicted octanol–water partition coefficient (Wildman–Crippen LogP) is 3.06. The summed E-state index contributed by atoms with van der Waals surface area (Å²) < 4.78 is 0. The number of amides is 1. The van der Waals surface area contributed by atoms with E-state index < -0.39 is 0 Å². The van der Waals surface area contributed by atoms with Crippen molar-refractivity contribution in [3.05, 3.63) is 58.1 Å². The van der Waals surface area contributed by atoms with E-state index in [9.17, 15) is 4.79 Å². The molecule has 0 heterocycles. The van der Waals surface area contributed by atoms with Gasteiger partial charge in [0.15, 0.2) is 0 Å². The van der Waals surface area contributed by atoms with Gasteiger partial charge in [0.25, 0.3) is 5.91 Å². The first-order valence-electron chi connectivity index (χ1n) is 6.13. The lowest BCUT2D eigenvalue weighted by Gasteiger charge is -2.10. The highest BCUT2D eigenvalue weighted by Gasteiger charge is 2.11. The van der Waals surface area contributed by atoms with Crippen molar-refractivity contribution in [2.45, 2.75) is 6.92 Å². The molecule has 0 saturated carbocycles. The molecule has 0 spiro atoms. The van der Waals surface area contributed by atoms with Crippen LogP contribution in [0.2, 0.25) is 5.02 Å². The van der Waals surface area contributed by atoms with Gasteiger partial charge >= 0.3 is 0 Å². The largest absolute Gasteiger partial charge is 0.324 e. The SMILES string of the molecule is Cc1cc(C(=O)Nc2cc(Cl)ccc2C#N)ccc1NN. The summed E-state index contributed by atoms with van der Waals surface area (Å²) in [4.78, 5) is 12.2. The third-order valence-electron chi connectivity index (χ3n) is 2.99. The number of anilines is 2. The number of hydrogen-bond donors (Lipinski definition) is 3. The number of nitrogen functional groups attached to an aromatic ring is 1. The Hall–Kier alpha value is -2.55. The number of nitrogens with zero attached hydrogens (tertiary/aromatic N) is 1. The predicted molar refractivity (Wildman–Crippen MR) is 83.1 cm³/mol. The van der Waals surface area contributed by atoms with Gasteiger partial charge in [-0.05, 0) is 48.9 Å². The van der Waals surface area contributed by atoms with Crippen LogP contribution in [0.15, 0.2) is 36.4 Å². The number of nitrogens with two attached hydrogens (primary N) is 1. The Kier molecular flexibility index (Phi) is 4.43. The minimum Gasteiger partial charge on any atom is -0.324 e. The lowest BCUT2D eigenvalue weighted by molar-refractivity contribution is 0.102. The number of aryl methyl sites for hydroxylation is 1. The second-order valence-corrected chi connectivity index (χ2v) is 4.87. The van der Waals surface area contributed by atoms with Gasteiger partial charge in [0.2, 0.25) is 0 Å². The van der Waals surface area contributed by atoms with Crippen molar-refractivity contribution in [1.82, 2.24) is 0 Å². The van der Waals surface area contributed by atoms with Gasteiger partial charge in [0.05, 0.1) is 16.9 Å². The smallest absolute Gasteiger partial charge is 0.255 e. The van der Waals surface area contributed by atoms with Crippen molar-refractivity contribution in [3.63, 3.8) is 0 Å². The van der Waals surface area contributed by atoms with Crippen LogP contribution in [0.3, 0.4) is 0 Å². The molecule has 2 aromatic carbocycles. The molecule has 0 radical (unpaired) electrons. The maximum Gasteiger partial charge on any atom is 0.255 e. The molecular formula is C15H13ClN4O. The van der Waals surface area contributed by atoms with E-state index in [0.717, 1.165) is 11.3 Å². The molecule has 6 heteroatoms. The molecule has 2 rings (SSSR count). The van der Waals surface area contributed by atoms with Crippen LogP contribution >= 0.6 is 11.6 Å². The van der Waals surface area contributed by atoms with Crippen LogP contribution in [0.1, 0.15) is 21.5 Å². The molecule has 0 aliphatic rings. The van der Waals surface area contributed by atoms with Crippen LogP contribution < -0.4 is 16.6 Å². The second kappa shape index (κ2) is 6.27. The highest BCUT2D eigenvalue weighted by Crippen LogP contribution is 2.22. The lowest BCUT2D eigenvalue weighted by Crippen LogP contribution is -2.14. The average molecular weight is 301 g/mol. The third kappa shape index (κ3) is 3.31. The molecule has 0 aliphatic carbocycles. The molecule has 0 fully saturated rings. The Balaban J connectivity index is 2.28. The minimum atomic E-state index is -0.319. The molecule has 0 aromatic heterocycles. The van der Waals surface area contributed by atoms with Gasteiger partial charge in [-0.1, -0.05) is 11.6 Å². The van der Waals surface area contributed by atoms with E-state index in [1.807, 2.05) is 13.0 Å². The summed E-state index contributed by atoms with van der Waals surface area (Å²) >= 11 is 5.89. The molecule has 4 N–H and O–H groups in total. The molecule has 0 bridgehead atoms. The lowest BCUT2D eigenvalue weighted by atomic mass is 10.1. The Morgan fingerprint density at radius 2 is 2.00 bits per heavy atom. The first-order chi connectivity index (χ1) is 10.0. The molecule has 0 unspecified atom stereocenters. The highest BCUT2D eigenvalue weighted by molar-refractivity contribution is 6.31. The number of nitriles is 1. The topological polar surface area (TPSA) is 90.9 Å². The molecule has 1 amide bonds. The third-order valence-corrected chi connectivity index (χ3v) is 3.23. The van der Waals surface area contributed by atoms with Crippen LogP contribution in [-0.2, 0) is 0 Å². The van der Waals surface area contributed by atoms with Gasteiger partial charge in [-0.2, -0.15) is 5.26 Å². The quantitative estimate of drug-likeness (QED) is 0.600. The number of carbonyl (C=O) groups excluding carboxylic acids is 1. The number of rotatable bonds is 3. The maximum absolute atomic E-state index is 12.2. The van der Waals surface area contributed by atoms with E-state index in [4.69, 9.17) is 22.7 Å². The normalized spacial score (nSPS) is 9.81. The molecule has 2 aromatic rings. The monoisotopic (exact) mass is 300 g/mol. The Bertz CT molecular complexity index is 737. The van der Waals surface area contributed by atoms with Crippen molar-refractivity contribution >= 4 is 28.9 Å². The Morgan fingerprint density at radius 1 is 1.24 bits per heavy atom. The molecule has 0 saturated heterocycles. The highest BCUT2D eigenvalue weighted by atomic mass is 35.5. The van der Waals surface area contributed by atoms with Crippen LogP contribution in [-0.4, -0.2) is 5.91 Å². The van der Waals surface area contributed by atoms with Gasteiger partial charge in [0, 0.05) is 10.6 Å². The van der Waals surface area contributed by atoms with E-state index in [0.29, 0.717) is 21.8 Å². The molecule has 0 aliphatic heterocycles. The zero-order valence-corrected chi connectivity index (χ0v) is 12.0. The second-order valence-electron chi connectivity index (χ2n) is 4.43. The van der Waals surface area contributed by atoms with E-state index in [1.54, 1.807) is 36.4 Å².